The van der Waals surface area contributed by atoms with E-state index >= 15 is 0 Å². The van der Waals surface area contributed by atoms with Gasteiger partial charge in [-0.1, -0.05) is 29.6 Å². The number of amides is 1. The average molecular weight is 532 g/mol. The van der Waals surface area contributed by atoms with Gasteiger partial charge in [0.15, 0.2) is 0 Å². The lowest BCUT2D eigenvalue weighted by Crippen LogP contribution is -2.46. The van der Waals surface area contributed by atoms with Gasteiger partial charge in [0.1, 0.15) is 16.2 Å². The fourth-order valence-corrected chi connectivity index (χ4v) is 7.00. The molecule has 0 aromatic heterocycles. The summed E-state index contributed by atoms with van der Waals surface area (Å²) in [5.74, 6) is -0.204. The monoisotopic (exact) mass is 530 g/mol. The van der Waals surface area contributed by atoms with Crippen LogP contribution in [0.2, 0.25) is 10.0 Å². The van der Waals surface area contributed by atoms with Crippen molar-refractivity contribution in [1.29, 1.82) is 0 Å². The molecule has 1 unspecified atom stereocenters. The van der Waals surface area contributed by atoms with Crippen molar-refractivity contribution in [2.75, 3.05) is 32.7 Å². The summed E-state index contributed by atoms with van der Waals surface area (Å²) in [5.41, 5.74) is 2.42. The maximum Gasteiger partial charge on any atom is 0.269 e. The Labute approximate surface area is 211 Å². The van der Waals surface area contributed by atoms with Gasteiger partial charge in [-0.15, -0.1) is 0 Å². The number of carbonyl (C=O) groups excluding carboxylic acids is 1. The van der Waals surface area contributed by atoms with E-state index in [2.05, 4.69) is 22.6 Å². The van der Waals surface area contributed by atoms with Gasteiger partial charge >= 0.3 is 0 Å². The molecule has 0 saturated carbocycles. The average Bonchev–Trinajstić information content (AvgIpc) is 3.23. The summed E-state index contributed by atoms with van der Waals surface area (Å²) in [6, 6.07) is 5.01. The second-order valence-electron chi connectivity index (χ2n) is 9.30. The van der Waals surface area contributed by atoms with Crippen molar-refractivity contribution < 1.29 is 18.0 Å². The fourth-order valence-electron chi connectivity index (χ4n) is 4.82. The number of nitrogens with one attached hydrogen (secondary N) is 2. The number of rotatable bonds is 7. The third-order valence-corrected chi connectivity index (χ3v) is 9.56. The van der Waals surface area contributed by atoms with Gasteiger partial charge in [-0.05, 0) is 69.8 Å². The second kappa shape index (κ2) is 10.7. The van der Waals surface area contributed by atoms with E-state index in [1.165, 1.54) is 35.7 Å². The minimum atomic E-state index is -3.78. The number of carbonyl (C=O) groups is 1. The molecule has 3 aliphatic rings. The van der Waals surface area contributed by atoms with Crippen LogP contribution in [0.3, 0.4) is 0 Å². The lowest BCUT2D eigenvalue weighted by atomic mass is 9.92. The largest absolute Gasteiger partial charge is 0.351 e. The number of sulfonamides is 1. The SMILES string of the molecule is CC1CCCCN1CCCNC(=O)C1=CC2(CCN(S(=O)(=O)c3cc(Cl)ccc3Cl)CC2)ON1. The molecule has 3 heterocycles. The van der Waals surface area contributed by atoms with Gasteiger partial charge in [-0.25, -0.2) is 8.42 Å². The van der Waals surface area contributed by atoms with Gasteiger partial charge in [0.25, 0.3) is 5.91 Å². The first kappa shape index (κ1) is 25.7. The first-order valence-corrected chi connectivity index (χ1v) is 14.0. The predicted octanol–water partition coefficient (Wildman–Crippen LogP) is 3.32. The van der Waals surface area contributed by atoms with E-state index in [0.29, 0.717) is 36.1 Å². The van der Waals surface area contributed by atoms with Crippen molar-refractivity contribution in [2.24, 2.45) is 0 Å². The molecular formula is C23H32Cl2N4O4S. The van der Waals surface area contributed by atoms with E-state index in [1.54, 1.807) is 12.1 Å². The third kappa shape index (κ3) is 5.71. The molecule has 1 aromatic rings. The van der Waals surface area contributed by atoms with Crippen molar-refractivity contribution >= 4 is 39.1 Å². The Balaban J connectivity index is 1.28. The summed E-state index contributed by atoms with van der Waals surface area (Å²) in [6.07, 6.45) is 7.31. The molecular weight excluding hydrogens is 499 g/mol. The van der Waals surface area contributed by atoms with Crippen LogP contribution >= 0.6 is 23.2 Å². The molecule has 0 radical (unpaired) electrons. The van der Waals surface area contributed by atoms with E-state index in [9.17, 15) is 13.2 Å². The van der Waals surface area contributed by atoms with Crippen molar-refractivity contribution in [3.05, 3.63) is 40.0 Å². The molecule has 1 aromatic carbocycles. The minimum Gasteiger partial charge on any atom is -0.351 e. The second-order valence-corrected chi connectivity index (χ2v) is 12.0. The zero-order valence-electron chi connectivity index (χ0n) is 19.4. The molecule has 0 aliphatic carbocycles. The highest BCUT2D eigenvalue weighted by molar-refractivity contribution is 7.89. The zero-order valence-corrected chi connectivity index (χ0v) is 21.7. The number of benzene rings is 1. The van der Waals surface area contributed by atoms with Gasteiger partial charge in [-0.3, -0.25) is 15.1 Å². The van der Waals surface area contributed by atoms with Gasteiger partial charge in [0.2, 0.25) is 10.0 Å². The summed E-state index contributed by atoms with van der Waals surface area (Å²) in [7, 11) is -3.78. The Kier molecular flexibility index (Phi) is 8.11. The van der Waals surface area contributed by atoms with Crippen LogP contribution in [0.15, 0.2) is 34.9 Å². The maximum atomic E-state index is 13.1. The highest BCUT2D eigenvalue weighted by Crippen LogP contribution is 2.35. The predicted molar refractivity (Wildman–Crippen MR) is 132 cm³/mol. The Morgan fingerprint density at radius 2 is 2.00 bits per heavy atom. The summed E-state index contributed by atoms with van der Waals surface area (Å²) in [5, 5.41) is 3.40. The third-order valence-electron chi connectivity index (χ3n) is 6.94. The van der Waals surface area contributed by atoms with Crippen molar-refractivity contribution in [3.63, 3.8) is 0 Å². The van der Waals surface area contributed by atoms with E-state index in [0.717, 1.165) is 19.5 Å². The van der Waals surface area contributed by atoms with Gasteiger partial charge < -0.3 is 10.2 Å². The molecule has 3 aliphatic heterocycles. The molecule has 2 N–H and O–H groups in total. The number of hydroxylamine groups is 1. The summed E-state index contributed by atoms with van der Waals surface area (Å²) in [6.45, 7) is 5.46. The Bertz CT molecular complexity index is 1040. The number of halogens is 2. The normalized spacial score (nSPS) is 23.5. The van der Waals surface area contributed by atoms with Crippen LogP contribution in [-0.2, 0) is 19.7 Å². The summed E-state index contributed by atoms with van der Waals surface area (Å²) >= 11 is 12.1. The molecule has 0 bridgehead atoms. The lowest BCUT2D eigenvalue weighted by Gasteiger charge is -2.36. The Morgan fingerprint density at radius 3 is 2.74 bits per heavy atom. The maximum absolute atomic E-state index is 13.1. The number of hydrogen-bond acceptors (Lipinski definition) is 6. The summed E-state index contributed by atoms with van der Waals surface area (Å²) in [4.78, 5) is 20.8. The van der Waals surface area contributed by atoms with Crippen LogP contribution in [0.4, 0.5) is 0 Å². The molecule has 2 fully saturated rings. The first-order chi connectivity index (χ1) is 16.2. The van der Waals surface area contributed by atoms with E-state index in [1.807, 2.05) is 0 Å². The van der Waals surface area contributed by atoms with Gasteiger partial charge in [0, 0.05) is 37.2 Å². The zero-order chi connectivity index (χ0) is 24.3. The smallest absolute Gasteiger partial charge is 0.269 e. The summed E-state index contributed by atoms with van der Waals surface area (Å²) < 4.78 is 27.5. The molecule has 188 valence electrons. The molecule has 1 atom stereocenters. The van der Waals surface area contributed by atoms with Crippen LogP contribution < -0.4 is 10.8 Å². The molecule has 4 rings (SSSR count). The van der Waals surface area contributed by atoms with Gasteiger partial charge in [0.05, 0.1) is 5.02 Å². The molecule has 11 heteroatoms. The van der Waals surface area contributed by atoms with Gasteiger partial charge in [-0.2, -0.15) is 4.31 Å². The Morgan fingerprint density at radius 1 is 1.24 bits per heavy atom. The molecule has 1 spiro atoms. The topological polar surface area (TPSA) is 91.0 Å². The highest BCUT2D eigenvalue weighted by Gasteiger charge is 2.43. The number of piperidine rings is 2. The minimum absolute atomic E-state index is 0.00219. The highest BCUT2D eigenvalue weighted by atomic mass is 35.5. The molecule has 8 nitrogen and oxygen atoms in total. The van der Waals surface area contributed by atoms with Crippen LogP contribution in [0.5, 0.6) is 0 Å². The fraction of sp³-hybridized carbons (Fsp3) is 0.609. The molecule has 34 heavy (non-hydrogen) atoms. The standard InChI is InChI=1S/C23H32Cl2N4O4S/c1-17-5-2-3-11-28(17)12-4-10-26-22(30)20-16-23(33-27-20)8-13-29(14-9-23)34(31,32)21-15-18(24)6-7-19(21)25/h6-7,15-17,27H,2-5,8-14H2,1H3,(H,26,30). The number of nitrogens with zero attached hydrogens (tertiary/aromatic N) is 2. The van der Waals surface area contributed by atoms with E-state index < -0.39 is 15.6 Å². The molecule has 2 saturated heterocycles. The van der Waals surface area contributed by atoms with Crippen molar-refractivity contribution in [2.45, 2.75) is 62.0 Å². The number of hydrogen-bond donors (Lipinski definition) is 2. The van der Waals surface area contributed by atoms with Crippen LogP contribution in [0.1, 0.15) is 45.4 Å². The van der Waals surface area contributed by atoms with E-state index in [4.69, 9.17) is 28.0 Å². The Hall–Kier alpha value is -1.36. The van der Waals surface area contributed by atoms with E-state index in [-0.39, 0.29) is 28.9 Å². The number of likely N-dealkylation sites (tertiary alicyclic amines) is 1. The van der Waals surface area contributed by atoms with Crippen LogP contribution in [0, 0.1) is 0 Å². The lowest BCUT2D eigenvalue weighted by molar-refractivity contribution is -0.120. The quantitative estimate of drug-likeness (QED) is 0.525. The van der Waals surface area contributed by atoms with Crippen molar-refractivity contribution in [3.8, 4) is 0 Å². The first-order valence-electron chi connectivity index (χ1n) is 11.8. The van der Waals surface area contributed by atoms with Crippen molar-refractivity contribution in [1.82, 2.24) is 20.0 Å². The van der Waals surface area contributed by atoms with Crippen LogP contribution in [-0.4, -0.2) is 67.9 Å². The van der Waals surface area contributed by atoms with Crippen LogP contribution in [0.25, 0.3) is 0 Å². The molecule has 1 amide bonds.